The maximum absolute atomic E-state index is 10.7. The van der Waals surface area contributed by atoms with Crippen LogP contribution in [0.5, 0.6) is 0 Å². The number of nitrogens with zero attached hydrogens (tertiary/aromatic N) is 2. The van der Waals surface area contributed by atoms with Gasteiger partial charge in [0.2, 0.25) is 5.91 Å². The molecular weight excluding hydrogens is 184 g/mol. The monoisotopic (exact) mass is 190 g/mol. The van der Waals surface area contributed by atoms with Gasteiger partial charge in [-0.1, -0.05) is 15.9 Å². The zero-order valence-electron chi connectivity index (χ0n) is 5.26. The summed E-state index contributed by atoms with van der Waals surface area (Å²) in [6.45, 7) is 1.68. The van der Waals surface area contributed by atoms with Gasteiger partial charge in [0.1, 0.15) is 0 Å². The number of nitriles is 1. The van der Waals surface area contributed by atoms with Gasteiger partial charge >= 0.3 is 0 Å². The fourth-order valence-corrected chi connectivity index (χ4v) is 0.623. The molecule has 0 aromatic carbocycles. The summed E-state index contributed by atoms with van der Waals surface area (Å²) in [5.41, 5.74) is 0. The summed E-state index contributed by atoms with van der Waals surface area (Å²) in [4.78, 5) is 11.4. The molecule has 0 saturated carbocycles. The van der Waals surface area contributed by atoms with Gasteiger partial charge in [-0.2, -0.15) is 5.26 Å². The van der Waals surface area contributed by atoms with Crippen LogP contribution in [0.15, 0.2) is 0 Å². The average molecular weight is 191 g/mol. The van der Waals surface area contributed by atoms with Crippen molar-refractivity contribution in [3.63, 3.8) is 0 Å². The second-order valence-corrected chi connectivity index (χ2v) is 2.99. The van der Waals surface area contributed by atoms with E-state index < -0.39 is 0 Å². The Bertz CT molecular complexity index is 150. The lowest BCUT2D eigenvalue weighted by Gasteiger charge is -2.06. The van der Waals surface area contributed by atoms with Crippen LogP contribution in [0.3, 0.4) is 0 Å². The van der Waals surface area contributed by atoms with E-state index in [-0.39, 0.29) is 10.7 Å². The SMILES string of the molecule is CC(Br)C(=O)N(C)C#N. The molecule has 3 nitrogen and oxygen atoms in total. The van der Waals surface area contributed by atoms with Crippen molar-refractivity contribution in [2.75, 3.05) is 7.05 Å². The maximum atomic E-state index is 10.7. The van der Waals surface area contributed by atoms with Crippen molar-refractivity contribution in [1.29, 1.82) is 5.26 Å². The summed E-state index contributed by atoms with van der Waals surface area (Å²) in [5, 5.41) is 8.19. The number of halogens is 1. The number of carbonyl (C=O) groups excluding carboxylic acids is 1. The van der Waals surface area contributed by atoms with Crippen molar-refractivity contribution in [2.45, 2.75) is 11.8 Å². The average Bonchev–Trinajstić information content (AvgIpc) is 1.84. The maximum Gasteiger partial charge on any atom is 0.248 e. The molecule has 0 fully saturated rings. The van der Waals surface area contributed by atoms with Gasteiger partial charge < -0.3 is 0 Å². The van der Waals surface area contributed by atoms with E-state index in [9.17, 15) is 4.79 Å². The van der Waals surface area contributed by atoms with Crippen molar-refractivity contribution < 1.29 is 4.79 Å². The molecule has 0 rings (SSSR count). The Morgan fingerprint density at radius 1 is 1.89 bits per heavy atom. The van der Waals surface area contributed by atoms with E-state index in [4.69, 9.17) is 5.26 Å². The normalized spacial score (nSPS) is 11.8. The second kappa shape index (κ2) is 3.46. The van der Waals surface area contributed by atoms with E-state index in [0.717, 1.165) is 4.90 Å². The van der Waals surface area contributed by atoms with Crippen molar-refractivity contribution in [2.24, 2.45) is 0 Å². The first-order chi connectivity index (χ1) is 4.09. The first-order valence-corrected chi connectivity index (χ1v) is 3.32. The summed E-state index contributed by atoms with van der Waals surface area (Å²) in [5.74, 6) is -0.225. The highest BCUT2D eigenvalue weighted by molar-refractivity contribution is 9.10. The molecule has 50 valence electrons. The number of carbonyl (C=O) groups is 1. The lowest BCUT2D eigenvalue weighted by atomic mass is 10.4. The van der Waals surface area contributed by atoms with Crippen LogP contribution < -0.4 is 0 Å². The number of amides is 1. The van der Waals surface area contributed by atoms with E-state index in [0.29, 0.717) is 0 Å². The van der Waals surface area contributed by atoms with Crippen LogP contribution in [0.25, 0.3) is 0 Å². The minimum atomic E-state index is -0.276. The highest BCUT2D eigenvalue weighted by Crippen LogP contribution is 2.00. The summed E-state index contributed by atoms with van der Waals surface area (Å²) < 4.78 is 0. The number of hydrogen-bond donors (Lipinski definition) is 0. The van der Waals surface area contributed by atoms with E-state index >= 15 is 0 Å². The third kappa shape index (κ3) is 2.47. The van der Waals surface area contributed by atoms with Crippen LogP contribution in [-0.4, -0.2) is 22.7 Å². The lowest BCUT2D eigenvalue weighted by Crippen LogP contribution is -2.27. The van der Waals surface area contributed by atoms with Gasteiger partial charge in [-0.3, -0.25) is 9.69 Å². The number of alkyl halides is 1. The minimum absolute atomic E-state index is 0.225. The molecule has 0 N–H and O–H groups in total. The van der Waals surface area contributed by atoms with Gasteiger partial charge in [-0.15, -0.1) is 0 Å². The lowest BCUT2D eigenvalue weighted by molar-refractivity contribution is -0.126. The molecule has 0 aliphatic rings. The molecule has 0 radical (unpaired) electrons. The molecule has 0 bridgehead atoms. The van der Waals surface area contributed by atoms with Gasteiger partial charge in [0, 0.05) is 7.05 Å². The van der Waals surface area contributed by atoms with Gasteiger partial charge in [0.25, 0.3) is 0 Å². The van der Waals surface area contributed by atoms with Crippen molar-refractivity contribution in [3.8, 4) is 6.19 Å². The van der Waals surface area contributed by atoms with E-state index in [1.54, 1.807) is 13.1 Å². The van der Waals surface area contributed by atoms with Gasteiger partial charge in [-0.25, -0.2) is 0 Å². The molecule has 1 atom stereocenters. The van der Waals surface area contributed by atoms with E-state index in [1.165, 1.54) is 7.05 Å². The molecule has 4 heteroatoms. The Morgan fingerprint density at radius 3 is 2.44 bits per heavy atom. The first-order valence-electron chi connectivity index (χ1n) is 2.41. The molecule has 1 unspecified atom stereocenters. The fourth-order valence-electron chi connectivity index (χ4n) is 0.316. The highest BCUT2D eigenvalue weighted by atomic mass is 79.9. The zero-order chi connectivity index (χ0) is 7.44. The van der Waals surface area contributed by atoms with Crippen LogP contribution in [-0.2, 0) is 4.79 Å². The Kier molecular flexibility index (Phi) is 3.25. The predicted molar refractivity (Wildman–Crippen MR) is 36.8 cm³/mol. The smallest absolute Gasteiger partial charge is 0.248 e. The molecule has 0 aliphatic heterocycles. The van der Waals surface area contributed by atoms with Crippen LogP contribution >= 0.6 is 15.9 Å². The van der Waals surface area contributed by atoms with E-state index in [1.807, 2.05) is 0 Å². The molecule has 0 spiro atoms. The summed E-state index contributed by atoms with van der Waals surface area (Å²) >= 11 is 3.04. The van der Waals surface area contributed by atoms with E-state index in [2.05, 4.69) is 15.9 Å². The molecule has 9 heavy (non-hydrogen) atoms. The summed E-state index contributed by atoms with van der Waals surface area (Å²) in [7, 11) is 1.43. The summed E-state index contributed by atoms with van der Waals surface area (Å²) in [6.07, 6.45) is 1.70. The molecule has 0 saturated heterocycles. The van der Waals surface area contributed by atoms with Crippen LogP contribution in [0, 0.1) is 11.5 Å². The van der Waals surface area contributed by atoms with Crippen molar-refractivity contribution in [3.05, 3.63) is 0 Å². The van der Waals surface area contributed by atoms with Gasteiger partial charge in [0.05, 0.1) is 4.83 Å². The molecule has 0 heterocycles. The zero-order valence-corrected chi connectivity index (χ0v) is 6.84. The minimum Gasteiger partial charge on any atom is -0.273 e. The Balaban J connectivity index is 3.92. The highest BCUT2D eigenvalue weighted by Gasteiger charge is 2.12. The molecule has 1 amide bonds. The standard InChI is InChI=1S/C5H7BrN2O/c1-4(6)5(9)8(2)3-7/h4H,1-2H3. The van der Waals surface area contributed by atoms with Crippen molar-refractivity contribution >= 4 is 21.8 Å². The van der Waals surface area contributed by atoms with Crippen LogP contribution in [0.1, 0.15) is 6.92 Å². The third-order valence-corrected chi connectivity index (χ3v) is 1.21. The predicted octanol–water partition coefficient (Wildman–Crippen LogP) is 0.709. The molecular formula is C5H7BrN2O. The van der Waals surface area contributed by atoms with Gasteiger partial charge in [-0.05, 0) is 6.92 Å². The number of rotatable bonds is 1. The quantitative estimate of drug-likeness (QED) is 0.348. The largest absolute Gasteiger partial charge is 0.273 e. The van der Waals surface area contributed by atoms with Crippen LogP contribution in [0.2, 0.25) is 0 Å². The van der Waals surface area contributed by atoms with Gasteiger partial charge in [0.15, 0.2) is 6.19 Å². The van der Waals surface area contributed by atoms with Crippen LogP contribution in [0.4, 0.5) is 0 Å². The number of hydrogen-bond acceptors (Lipinski definition) is 2. The fraction of sp³-hybridized carbons (Fsp3) is 0.600. The Morgan fingerprint density at radius 2 is 2.33 bits per heavy atom. The second-order valence-electron chi connectivity index (χ2n) is 1.61. The first kappa shape index (κ1) is 8.44. The third-order valence-electron chi connectivity index (χ3n) is 0.821. The van der Waals surface area contributed by atoms with Crippen molar-refractivity contribution in [1.82, 2.24) is 4.90 Å². The molecule has 0 aliphatic carbocycles. The Labute approximate surface area is 62.4 Å². The molecule has 0 aromatic heterocycles. The topological polar surface area (TPSA) is 44.1 Å². The molecule has 0 aromatic rings. The Hall–Kier alpha value is -0.560. The summed E-state index contributed by atoms with van der Waals surface area (Å²) in [6, 6.07) is 0.